The number of halogens is 3. The second-order valence-corrected chi connectivity index (χ2v) is 2.53. The van der Waals surface area contributed by atoms with Crippen molar-refractivity contribution in [2.24, 2.45) is 0 Å². The predicted octanol–water partition coefficient (Wildman–Crippen LogP) is 3.55. The highest BCUT2D eigenvalue weighted by Crippen LogP contribution is 2.29. The van der Waals surface area contributed by atoms with Crippen LogP contribution in [-0.4, -0.2) is 0 Å². The molecule has 0 unspecified atom stereocenters. The molecule has 0 fully saturated rings. The van der Waals surface area contributed by atoms with E-state index in [0.717, 1.165) is 12.1 Å². The summed E-state index contributed by atoms with van der Waals surface area (Å²) in [7, 11) is 0. The quantitative estimate of drug-likeness (QED) is 0.627. The van der Waals surface area contributed by atoms with Crippen molar-refractivity contribution in [2.45, 2.75) is 6.18 Å². The minimum Gasteiger partial charge on any atom is -0.166 e. The first-order valence-electron chi connectivity index (χ1n) is 3.67. The summed E-state index contributed by atoms with van der Waals surface area (Å²) in [4.78, 5) is 0. The van der Waals surface area contributed by atoms with Gasteiger partial charge < -0.3 is 0 Å². The number of alkyl halides is 3. The first-order chi connectivity index (χ1) is 6.04. The Hall–Kier alpha value is -1.25. The third kappa shape index (κ3) is 2.61. The molecule has 0 aliphatic carbocycles. The van der Waals surface area contributed by atoms with E-state index >= 15 is 0 Å². The molecule has 0 bridgehead atoms. The Morgan fingerprint density at radius 2 is 1.92 bits per heavy atom. The van der Waals surface area contributed by atoms with Gasteiger partial charge in [-0.05, 0) is 24.6 Å². The van der Waals surface area contributed by atoms with Gasteiger partial charge in [-0.25, -0.2) is 0 Å². The molecule has 0 spiro atoms. The van der Waals surface area contributed by atoms with Gasteiger partial charge in [-0.1, -0.05) is 24.3 Å². The van der Waals surface area contributed by atoms with Gasteiger partial charge in [0.2, 0.25) is 0 Å². The maximum atomic E-state index is 12.2. The van der Waals surface area contributed by atoms with Gasteiger partial charge in [-0.15, -0.1) is 0 Å². The summed E-state index contributed by atoms with van der Waals surface area (Å²) < 4.78 is 36.5. The van der Waals surface area contributed by atoms with Crippen molar-refractivity contribution in [1.29, 1.82) is 0 Å². The van der Waals surface area contributed by atoms with E-state index in [1.165, 1.54) is 18.2 Å². The standard InChI is InChI=1S/C10H8F3/c1-2-4-8-5-3-6-9(7-8)10(11,12)13/h2-7H,1H2. The fourth-order valence-corrected chi connectivity index (χ4v) is 0.955. The second kappa shape index (κ2) is 3.64. The van der Waals surface area contributed by atoms with Gasteiger partial charge in [-0.3, -0.25) is 0 Å². The van der Waals surface area contributed by atoms with Crippen LogP contribution in [-0.2, 0) is 6.18 Å². The molecule has 1 aromatic carbocycles. The first kappa shape index (κ1) is 9.84. The van der Waals surface area contributed by atoms with E-state index in [4.69, 9.17) is 0 Å². The predicted molar refractivity (Wildman–Crippen MR) is 45.8 cm³/mol. The lowest BCUT2D eigenvalue weighted by Crippen LogP contribution is -2.04. The Bertz CT molecular complexity index is 310. The molecule has 0 atom stereocenters. The second-order valence-electron chi connectivity index (χ2n) is 2.53. The van der Waals surface area contributed by atoms with E-state index in [1.807, 2.05) is 0 Å². The zero-order valence-corrected chi connectivity index (χ0v) is 6.81. The summed E-state index contributed by atoms with van der Waals surface area (Å²) in [6.45, 7) is 3.41. The summed E-state index contributed by atoms with van der Waals surface area (Å²) >= 11 is 0. The number of hydrogen-bond acceptors (Lipinski definition) is 0. The molecular formula is C10H8F3. The number of hydrogen-bond donors (Lipinski definition) is 0. The zero-order valence-electron chi connectivity index (χ0n) is 6.81. The molecule has 0 heterocycles. The van der Waals surface area contributed by atoms with Crippen LogP contribution in [0.15, 0.2) is 30.3 Å². The Morgan fingerprint density at radius 3 is 2.46 bits per heavy atom. The van der Waals surface area contributed by atoms with Gasteiger partial charge in [0.25, 0.3) is 0 Å². The molecule has 0 saturated heterocycles. The molecule has 0 amide bonds. The minimum absolute atomic E-state index is 0.504. The minimum atomic E-state index is -4.27. The molecule has 0 aromatic heterocycles. The molecule has 1 radical (unpaired) electrons. The Labute approximate surface area is 74.7 Å². The first-order valence-corrected chi connectivity index (χ1v) is 3.67. The van der Waals surface area contributed by atoms with E-state index < -0.39 is 11.7 Å². The molecule has 0 nitrogen and oxygen atoms in total. The fraction of sp³-hybridized carbons (Fsp3) is 0.100. The lowest BCUT2D eigenvalue weighted by atomic mass is 10.1. The van der Waals surface area contributed by atoms with Gasteiger partial charge in [-0.2, -0.15) is 13.2 Å². The van der Waals surface area contributed by atoms with Crippen LogP contribution in [0.2, 0.25) is 0 Å². The van der Waals surface area contributed by atoms with Crippen LogP contribution in [0, 0.1) is 6.92 Å². The normalized spacial score (nSPS) is 12.3. The average molecular weight is 185 g/mol. The maximum Gasteiger partial charge on any atom is 0.416 e. The van der Waals surface area contributed by atoms with Crippen molar-refractivity contribution >= 4 is 6.08 Å². The van der Waals surface area contributed by atoms with Crippen LogP contribution in [0.3, 0.4) is 0 Å². The highest BCUT2D eigenvalue weighted by molar-refractivity contribution is 5.51. The lowest BCUT2D eigenvalue weighted by molar-refractivity contribution is -0.137. The van der Waals surface area contributed by atoms with Crippen LogP contribution in [0.1, 0.15) is 11.1 Å². The van der Waals surface area contributed by atoms with Gasteiger partial charge in [0.1, 0.15) is 0 Å². The number of allylic oxidation sites excluding steroid dienone is 1. The van der Waals surface area contributed by atoms with Gasteiger partial charge in [0, 0.05) is 0 Å². The molecule has 0 saturated carbocycles. The smallest absolute Gasteiger partial charge is 0.166 e. The fourth-order valence-electron chi connectivity index (χ4n) is 0.955. The summed E-state index contributed by atoms with van der Waals surface area (Å²) in [5.41, 5.74) is -0.132. The molecular weight excluding hydrogens is 177 g/mol. The van der Waals surface area contributed by atoms with E-state index in [2.05, 4.69) is 6.92 Å². The molecule has 69 valence electrons. The SMILES string of the molecule is [CH2]C=Cc1cccc(C(F)(F)F)c1. The van der Waals surface area contributed by atoms with E-state index in [0.29, 0.717) is 5.56 Å². The summed E-state index contributed by atoms with van der Waals surface area (Å²) in [5, 5.41) is 0. The maximum absolute atomic E-state index is 12.2. The van der Waals surface area contributed by atoms with E-state index in [9.17, 15) is 13.2 Å². The highest BCUT2D eigenvalue weighted by atomic mass is 19.4. The molecule has 1 rings (SSSR count). The van der Waals surface area contributed by atoms with E-state index in [1.54, 1.807) is 6.07 Å². The van der Waals surface area contributed by atoms with Crippen molar-refractivity contribution < 1.29 is 13.2 Å². The van der Waals surface area contributed by atoms with Crippen LogP contribution in [0.25, 0.3) is 6.08 Å². The van der Waals surface area contributed by atoms with Crippen molar-refractivity contribution in [3.05, 3.63) is 48.4 Å². The van der Waals surface area contributed by atoms with Crippen molar-refractivity contribution in [3.63, 3.8) is 0 Å². The van der Waals surface area contributed by atoms with Crippen LogP contribution in [0.5, 0.6) is 0 Å². The Balaban J connectivity index is 3.05. The molecule has 3 heteroatoms. The van der Waals surface area contributed by atoms with Gasteiger partial charge in [0.15, 0.2) is 0 Å². The van der Waals surface area contributed by atoms with Crippen LogP contribution < -0.4 is 0 Å². The summed E-state index contributed by atoms with van der Waals surface area (Å²) in [5.74, 6) is 0. The van der Waals surface area contributed by atoms with Crippen LogP contribution >= 0.6 is 0 Å². The monoisotopic (exact) mass is 185 g/mol. The Kier molecular flexibility index (Phi) is 2.76. The van der Waals surface area contributed by atoms with E-state index in [-0.39, 0.29) is 0 Å². The van der Waals surface area contributed by atoms with Crippen molar-refractivity contribution in [3.8, 4) is 0 Å². The van der Waals surface area contributed by atoms with Crippen molar-refractivity contribution in [2.75, 3.05) is 0 Å². The topological polar surface area (TPSA) is 0 Å². The third-order valence-corrected chi connectivity index (χ3v) is 1.52. The van der Waals surface area contributed by atoms with Gasteiger partial charge in [0.05, 0.1) is 5.56 Å². The zero-order chi connectivity index (χ0) is 9.90. The molecule has 0 aliphatic heterocycles. The largest absolute Gasteiger partial charge is 0.416 e. The molecule has 1 aromatic rings. The molecule has 0 aliphatic rings. The van der Waals surface area contributed by atoms with Crippen LogP contribution in [0.4, 0.5) is 13.2 Å². The summed E-state index contributed by atoms with van der Waals surface area (Å²) in [6, 6.07) is 5.09. The average Bonchev–Trinajstić information content (AvgIpc) is 2.04. The molecule has 13 heavy (non-hydrogen) atoms. The Morgan fingerprint density at radius 1 is 1.23 bits per heavy atom. The third-order valence-electron chi connectivity index (χ3n) is 1.52. The molecule has 0 N–H and O–H groups in total. The van der Waals surface area contributed by atoms with Crippen molar-refractivity contribution in [1.82, 2.24) is 0 Å². The van der Waals surface area contributed by atoms with Gasteiger partial charge >= 0.3 is 6.18 Å². The highest BCUT2D eigenvalue weighted by Gasteiger charge is 2.30. The number of rotatable bonds is 1. The lowest BCUT2D eigenvalue weighted by Gasteiger charge is -2.06. The number of benzene rings is 1. The summed E-state index contributed by atoms with van der Waals surface area (Å²) in [6.07, 6.45) is -1.30.